The number of amides is 1. The van der Waals surface area contributed by atoms with Crippen LogP contribution in [0.3, 0.4) is 0 Å². The zero-order chi connectivity index (χ0) is 15.3. The van der Waals surface area contributed by atoms with Gasteiger partial charge in [-0.05, 0) is 12.1 Å². The van der Waals surface area contributed by atoms with Gasteiger partial charge in [0.1, 0.15) is 10.9 Å². The average Bonchev–Trinajstić information content (AvgIpc) is 3.17. The Kier molecular flexibility index (Phi) is 2.90. The molecule has 0 saturated carbocycles. The lowest BCUT2D eigenvalue weighted by Crippen LogP contribution is -2.28. The van der Waals surface area contributed by atoms with Crippen molar-refractivity contribution in [2.75, 3.05) is 23.0 Å². The summed E-state index contributed by atoms with van der Waals surface area (Å²) in [6.45, 7) is 1.29. The first-order valence-electron chi connectivity index (χ1n) is 6.90. The van der Waals surface area contributed by atoms with Gasteiger partial charge < -0.3 is 4.90 Å². The number of hydrazone groups is 1. The zero-order valence-corrected chi connectivity index (χ0v) is 12.6. The average molecular weight is 317 g/mol. The smallest absolute Gasteiger partial charge is 0.275 e. The van der Waals surface area contributed by atoms with Gasteiger partial charge in [-0.15, -0.1) is 0 Å². The highest BCUT2D eigenvalue weighted by Gasteiger charge is 2.43. The highest BCUT2D eigenvalue weighted by Crippen LogP contribution is 2.30. The Labute approximate surface area is 131 Å². The van der Waals surface area contributed by atoms with E-state index in [0.29, 0.717) is 24.0 Å². The second-order valence-electron chi connectivity index (χ2n) is 5.39. The van der Waals surface area contributed by atoms with E-state index in [-0.39, 0.29) is 11.8 Å². The Morgan fingerprint density at radius 2 is 2.09 bits per heavy atom. The third kappa shape index (κ3) is 2.05. The molecule has 4 heterocycles. The van der Waals surface area contributed by atoms with Gasteiger partial charge in [0.2, 0.25) is 0 Å². The highest BCUT2D eigenvalue weighted by molar-refractivity contribution is 6.47. The van der Waals surface area contributed by atoms with Gasteiger partial charge in [-0.1, -0.05) is 11.6 Å². The molecule has 2 aliphatic heterocycles. The lowest BCUT2D eigenvalue weighted by molar-refractivity contribution is -0.111. The predicted molar refractivity (Wildman–Crippen MR) is 83.1 cm³/mol. The normalized spacial score (nSPS) is 20.5. The summed E-state index contributed by atoms with van der Waals surface area (Å²) in [5.41, 5.74) is 2.25. The molecule has 2 aromatic heterocycles. The molecule has 0 spiro atoms. The van der Waals surface area contributed by atoms with E-state index in [1.165, 1.54) is 0 Å². The molecule has 1 atom stereocenters. The largest absolute Gasteiger partial charge is 0.303 e. The van der Waals surface area contributed by atoms with Crippen LogP contribution in [0, 0.1) is 5.92 Å². The lowest BCUT2D eigenvalue weighted by atomic mass is 10.1. The summed E-state index contributed by atoms with van der Waals surface area (Å²) in [6, 6.07) is 3.57. The Bertz CT molecular complexity index is 768. The predicted octanol–water partition coefficient (Wildman–Crippen LogP) is 1.31. The standard InChI is InChI=1S/C14H13ClN6O/c1-19-8-11(5-17-19)20-6-9-7-21(18-13(9)14(20)22)10-2-3-12(15)16-4-10/h2-5,8-9H,6-7H2,1H3. The number of halogens is 1. The van der Waals surface area contributed by atoms with Crippen LogP contribution in [0.15, 0.2) is 35.8 Å². The minimum atomic E-state index is -0.0533. The van der Waals surface area contributed by atoms with E-state index in [1.807, 2.05) is 24.3 Å². The molecular weight excluding hydrogens is 304 g/mol. The molecule has 112 valence electrons. The molecule has 2 aromatic rings. The molecule has 0 aromatic carbocycles. The molecule has 8 heteroatoms. The third-order valence-corrected chi connectivity index (χ3v) is 4.11. The van der Waals surface area contributed by atoms with Crippen LogP contribution in [-0.4, -0.2) is 39.5 Å². The van der Waals surface area contributed by atoms with E-state index in [1.54, 1.807) is 28.0 Å². The highest BCUT2D eigenvalue weighted by atomic mass is 35.5. The molecule has 2 aliphatic rings. The van der Waals surface area contributed by atoms with Gasteiger partial charge in [-0.3, -0.25) is 14.5 Å². The molecule has 1 fully saturated rings. The number of hydrogen-bond acceptors (Lipinski definition) is 5. The second-order valence-corrected chi connectivity index (χ2v) is 5.78. The summed E-state index contributed by atoms with van der Waals surface area (Å²) in [4.78, 5) is 18.3. The van der Waals surface area contributed by atoms with Crippen LogP contribution >= 0.6 is 11.6 Å². The first kappa shape index (κ1) is 13.3. The molecule has 0 bridgehead atoms. The van der Waals surface area contributed by atoms with Gasteiger partial charge >= 0.3 is 0 Å². The van der Waals surface area contributed by atoms with Crippen LogP contribution in [0.1, 0.15) is 0 Å². The lowest BCUT2D eigenvalue weighted by Gasteiger charge is -2.18. The van der Waals surface area contributed by atoms with Crippen LogP contribution < -0.4 is 9.91 Å². The summed E-state index contributed by atoms with van der Waals surface area (Å²) in [5, 5.41) is 10.8. The van der Waals surface area contributed by atoms with E-state index in [9.17, 15) is 4.79 Å². The molecule has 0 radical (unpaired) electrons. The van der Waals surface area contributed by atoms with Crippen LogP contribution in [0.25, 0.3) is 0 Å². The fraction of sp³-hybridized carbons (Fsp3) is 0.286. The SMILES string of the molecule is Cn1cc(N2CC3CN(c4ccc(Cl)nc4)N=C3C2=O)cn1. The van der Waals surface area contributed by atoms with Crippen LogP contribution in [0.5, 0.6) is 0 Å². The zero-order valence-electron chi connectivity index (χ0n) is 11.8. The van der Waals surface area contributed by atoms with E-state index in [0.717, 1.165) is 11.4 Å². The number of carbonyl (C=O) groups is 1. The number of aryl methyl sites for hydroxylation is 1. The van der Waals surface area contributed by atoms with Gasteiger partial charge in [0.25, 0.3) is 5.91 Å². The maximum absolute atomic E-state index is 12.5. The Morgan fingerprint density at radius 3 is 2.73 bits per heavy atom. The Balaban J connectivity index is 1.59. The van der Waals surface area contributed by atoms with Gasteiger partial charge in [-0.2, -0.15) is 10.2 Å². The van der Waals surface area contributed by atoms with Crippen molar-refractivity contribution in [1.29, 1.82) is 0 Å². The number of rotatable bonds is 2. The van der Waals surface area contributed by atoms with Crippen molar-refractivity contribution in [3.63, 3.8) is 0 Å². The number of aromatic nitrogens is 3. The van der Waals surface area contributed by atoms with Gasteiger partial charge in [-0.25, -0.2) is 4.98 Å². The van der Waals surface area contributed by atoms with Gasteiger partial charge in [0.05, 0.1) is 30.3 Å². The monoisotopic (exact) mass is 316 g/mol. The quantitative estimate of drug-likeness (QED) is 0.783. The molecule has 0 N–H and O–H groups in total. The summed E-state index contributed by atoms with van der Waals surface area (Å²) >= 11 is 5.79. The maximum atomic E-state index is 12.5. The third-order valence-electron chi connectivity index (χ3n) is 3.89. The minimum absolute atomic E-state index is 0.0533. The minimum Gasteiger partial charge on any atom is -0.303 e. The molecular formula is C14H13ClN6O. The van der Waals surface area contributed by atoms with Gasteiger partial charge in [0, 0.05) is 25.7 Å². The van der Waals surface area contributed by atoms with Crippen molar-refractivity contribution in [2.45, 2.75) is 0 Å². The van der Waals surface area contributed by atoms with E-state index in [4.69, 9.17) is 11.6 Å². The number of anilines is 2. The maximum Gasteiger partial charge on any atom is 0.275 e. The van der Waals surface area contributed by atoms with Crippen LogP contribution in [0.4, 0.5) is 11.4 Å². The number of nitrogens with zero attached hydrogens (tertiary/aromatic N) is 6. The molecule has 1 unspecified atom stereocenters. The summed E-state index contributed by atoms with van der Waals surface area (Å²) < 4.78 is 1.68. The second kappa shape index (κ2) is 4.81. The molecule has 1 saturated heterocycles. The molecule has 0 aliphatic carbocycles. The number of carbonyl (C=O) groups excluding carboxylic acids is 1. The van der Waals surface area contributed by atoms with Crippen molar-refractivity contribution >= 4 is 34.6 Å². The first-order valence-corrected chi connectivity index (χ1v) is 7.28. The molecule has 1 amide bonds. The van der Waals surface area contributed by atoms with Crippen LogP contribution in [0.2, 0.25) is 5.15 Å². The summed E-state index contributed by atoms with van der Waals surface area (Å²) in [7, 11) is 1.83. The van der Waals surface area contributed by atoms with Crippen molar-refractivity contribution in [3.05, 3.63) is 35.9 Å². The fourth-order valence-electron chi connectivity index (χ4n) is 2.81. The molecule has 4 rings (SSSR count). The summed E-state index contributed by atoms with van der Waals surface area (Å²) in [6.07, 6.45) is 5.19. The number of pyridine rings is 1. The van der Waals surface area contributed by atoms with E-state index in [2.05, 4.69) is 15.2 Å². The van der Waals surface area contributed by atoms with Crippen molar-refractivity contribution < 1.29 is 4.79 Å². The van der Waals surface area contributed by atoms with Crippen molar-refractivity contribution in [1.82, 2.24) is 14.8 Å². The van der Waals surface area contributed by atoms with E-state index >= 15 is 0 Å². The molecule has 22 heavy (non-hydrogen) atoms. The first-order chi connectivity index (χ1) is 10.6. The van der Waals surface area contributed by atoms with Crippen LogP contribution in [-0.2, 0) is 11.8 Å². The van der Waals surface area contributed by atoms with Gasteiger partial charge in [0.15, 0.2) is 0 Å². The number of hydrogen-bond donors (Lipinski definition) is 0. The Hall–Kier alpha value is -2.41. The Morgan fingerprint density at radius 1 is 1.23 bits per heavy atom. The fourth-order valence-corrected chi connectivity index (χ4v) is 2.92. The van der Waals surface area contributed by atoms with E-state index < -0.39 is 0 Å². The van der Waals surface area contributed by atoms with Crippen molar-refractivity contribution in [3.8, 4) is 0 Å². The number of fused-ring (bicyclic) bond motifs is 1. The van der Waals surface area contributed by atoms with Crippen molar-refractivity contribution in [2.24, 2.45) is 18.1 Å². The topological polar surface area (TPSA) is 66.6 Å². The summed E-state index contributed by atoms with van der Waals surface area (Å²) in [5.74, 6) is 0.0470. The molecule has 7 nitrogen and oxygen atoms in total.